The molecule has 0 atom stereocenters. The first kappa shape index (κ1) is 4.76. The number of rotatable bonds is 1. The lowest BCUT2D eigenvalue weighted by Gasteiger charge is -1.74. The predicted octanol–water partition coefficient (Wildman–Crippen LogP) is -0.727. The van der Waals surface area contributed by atoms with Crippen molar-refractivity contribution in [3.8, 4) is 0 Å². The summed E-state index contributed by atoms with van der Waals surface area (Å²) in [4.78, 5) is 0. The second-order valence-electron chi connectivity index (χ2n) is 0.611. The maximum Gasteiger partial charge on any atom is 0.151 e. The van der Waals surface area contributed by atoms with Crippen LogP contribution in [0.4, 0.5) is 0 Å². The largest absolute Gasteiger partial charge is 0.494 e. The van der Waals surface area contributed by atoms with Crippen LogP contribution in [0.1, 0.15) is 0 Å². The number of methoxy groups -OCH3 is 1. The van der Waals surface area contributed by atoms with Gasteiger partial charge in [0.15, 0.2) is 6.26 Å². The van der Waals surface area contributed by atoms with Gasteiger partial charge in [-0.2, -0.15) is 0 Å². The van der Waals surface area contributed by atoms with Crippen molar-refractivity contribution < 1.29 is 4.74 Å². The first-order valence-corrected chi connectivity index (χ1v) is 2.63. The first-order chi connectivity index (χ1) is 2.41. The van der Waals surface area contributed by atoms with Gasteiger partial charge in [0, 0.05) is 10.2 Å². The minimum Gasteiger partial charge on any atom is -0.494 e. The molecule has 0 aromatic carbocycles. The summed E-state index contributed by atoms with van der Waals surface area (Å²) in [5.41, 5.74) is 1.85. The normalized spacial score (nSPS) is 9.80. The molecule has 29 valence electrons. The molecule has 0 spiro atoms. The topological polar surface area (TPSA) is 9.23 Å². The van der Waals surface area contributed by atoms with Gasteiger partial charge in [0.05, 0.1) is 7.11 Å². The van der Waals surface area contributed by atoms with Crippen LogP contribution < -0.4 is 0 Å². The van der Waals surface area contributed by atoms with Crippen LogP contribution in [0, 0.1) is 6.26 Å². The fraction of sp³-hybridized carbons (Fsp3) is 0.333. The Labute approximate surface area is 35.1 Å². The molecule has 0 saturated carbocycles. The average molecular weight is 87.2 g/mol. The van der Waals surface area contributed by atoms with Gasteiger partial charge >= 0.3 is 0 Å². The smallest absolute Gasteiger partial charge is 0.151 e. The molecule has 0 saturated heterocycles. The maximum atomic E-state index is 4.42. The summed E-state index contributed by atoms with van der Waals surface area (Å²) >= 11 is 0. The molecule has 0 aliphatic rings. The average Bonchev–Trinajstić information content (AvgIpc) is 1.41. The number of ether oxygens (including phenoxy) is 1. The Bertz CT molecular complexity index is 33.9. The van der Waals surface area contributed by atoms with E-state index in [1.165, 1.54) is 0 Å². The van der Waals surface area contributed by atoms with E-state index in [0.29, 0.717) is 0 Å². The maximum absolute atomic E-state index is 4.42. The van der Waals surface area contributed by atoms with E-state index in [9.17, 15) is 0 Å². The lowest BCUT2D eigenvalue weighted by molar-refractivity contribution is 0.314. The van der Waals surface area contributed by atoms with Crippen LogP contribution in [0.15, 0.2) is 5.70 Å². The van der Waals surface area contributed by atoms with Crippen LogP contribution in [0.3, 0.4) is 0 Å². The van der Waals surface area contributed by atoms with Gasteiger partial charge in [0.25, 0.3) is 0 Å². The molecule has 0 aromatic rings. The highest BCUT2D eigenvalue weighted by molar-refractivity contribution is 6.16. The van der Waals surface area contributed by atoms with Gasteiger partial charge in [-0.05, 0) is 0 Å². The highest BCUT2D eigenvalue weighted by Gasteiger charge is 1.50. The standard InChI is InChI=1S/C3H7OSi/c1-4-2-3-5/h3H,1,5H3. The van der Waals surface area contributed by atoms with Crippen molar-refractivity contribution >= 4 is 10.2 Å². The van der Waals surface area contributed by atoms with Gasteiger partial charge in [0.1, 0.15) is 0 Å². The van der Waals surface area contributed by atoms with Gasteiger partial charge in [-0.15, -0.1) is 0 Å². The van der Waals surface area contributed by atoms with Crippen molar-refractivity contribution in [2.45, 2.75) is 0 Å². The van der Waals surface area contributed by atoms with Crippen molar-refractivity contribution in [1.82, 2.24) is 0 Å². The third kappa shape index (κ3) is 3.76. The van der Waals surface area contributed by atoms with E-state index in [1.54, 1.807) is 7.11 Å². The summed E-state index contributed by atoms with van der Waals surface area (Å²) in [7, 11) is 2.63. The Morgan fingerprint density at radius 3 is 2.60 bits per heavy atom. The monoisotopic (exact) mass is 87.0 g/mol. The quantitative estimate of drug-likeness (QED) is 0.303. The molecule has 2 heteroatoms. The fourth-order valence-electron chi connectivity index (χ4n) is 0.118. The zero-order valence-corrected chi connectivity index (χ0v) is 5.49. The van der Waals surface area contributed by atoms with E-state index in [2.05, 4.69) is 11.0 Å². The minimum absolute atomic E-state index is 1.04. The zero-order valence-electron chi connectivity index (χ0n) is 3.49. The van der Waals surface area contributed by atoms with Crippen LogP contribution in [0.25, 0.3) is 0 Å². The Balaban J connectivity index is 2.62. The highest BCUT2D eigenvalue weighted by atomic mass is 28.1. The highest BCUT2D eigenvalue weighted by Crippen LogP contribution is 1.57. The van der Waals surface area contributed by atoms with Gasteiger partial charge in [-0.3, -0.25) is 0 Å². The van der Waals surface area contributed by atoms with Crippen LogP contribution in [0.5, 0.6) is 0 Å². The molecule has 0 N–H and O–H groups in total. The Hall–Kier alpha value is -0.243. The SMILES string of the molecule is CO[C]=C[SiH3]. The van der Waals surface area contributed by atoms with Crippen LogP contribution in [-0.4, -0.2) is 17.4 Å². The van der Waals surface area contributed by atoms with Crippen LogP contribution in [-0.2, 0) is 4.74 Å². The molecule has 0 aliphatic heterocycles. The van der Waals surface area contributed by atoms with E-state index < -0.39 is 0 Å². The number of hydrogen-bond donors (Lipinski definition) is 0. The third-order valence-corrected chi connectivity index (χ3v) is 0.471. The lowest BCUT2D eigenvalue weighted by Crippen LogP contribution is -1.62. The summed E-state index contributed by atoms with van der Waals surface area (Å²) in [6.45, 7) is 0. The van der Waals surface area contributed by atoms with E-state index in [4.69, 9.17) is 0 Å². The molecular weight excluding hydrogens is 80.1 g/mol. The molecule has 0 fully saturated rings. The zero-order chi connectivity index (χ0) is 4.12. The Morgan fingerprint density at radius 1 is 2.00 bits per heavy atom. The van der Waals surface area contributed by atoms with E-state index in [0.717, 1.165) is 10.2 Å². The van der Waals surface area contributed by atoms with E-state index >= 15 is 0 Å². The van der Waals surface area contributed by atoms with Crippen LogP contribution in [0.2, 0.25) is 0 Å². The molecule has 0 unspecified atom stereocenters. The van der Waals surface area contributed by atoms with Crippen molar-refractivity contribution in [3.05, 3.63) is 12.0 Å². The summed E-state index contributed by atoms with van der Waals surface area (Å²) in [6.07, 6.45) is 2.55. The molecule has 0 heterocycles. The third-order valence-electron chi connectivity index (χ3n) is 0.236. The number of hydrogen-bond acceptors (Lipinski definition) is 1. The first-order valence-electron chi connectivity index (χ1n) is 1.48. The summed E-state index contributed by atoms with van der Waals surface area (Å²) in [5.74, 6) is 0. The molecule has 0 rings (SSSR count). The van der Waals surface area contributed by atoms with Crippen molar-refractivity contribution in [2.24, 2.45) is 0 Å². The molecule has 0 bridgehead atoms. The summed E-state index contributed by atoms with van der Waals surface area (Å²) in [5, 5.41) is 0. The predicted molar refractivity (Wildman–Crippen MR) is 24.8 cm³/mol. The summed E-state index contributed by atoms with van der Waals surface area (Å²) < 4.78 is 4.42. The van der Waals surface area contributed by atoms with Crippen molar-refractivity contribution in [3.63, 3.8) is 0 Å². The molecule has 0 aliphatic carbocycles. The molecule has 1 nitrogen and oxygen atoms in total. The second-order valence-corrected chi connectivity index (χ2v) is 1.19. The van der Waals surface area contributed by atoms with Gasteiger partial charge in [0.2, 0.25) is 0 Å². The Kier molecular flexibility index (Phi) is 3.57. The van der Waals surface area contributed by atoms with Crippen LogP contribution >= 0.6 is 0 Å². The summed E-state index contributed by atoms with van der Waals surface area (Å²) in [6, 6.07) is 0. The molecule has 5 heavy (non-hydrogen) atoms. The van der Waals surface area contributed by atoms with Crippen molar-refractivity contribution in [1.29, 1.82) is 0 Å². The lowest BCUT2D eigenvalue weighted by atomic mass is 11.1. The minimum atomic E-state index is 1.04. The van der Waals surface area contributed by atoms with Gasteiger partial charge < -0.3 is 4.74 Å². The van der Waals surface area contributed by atoms with Gasteiger partial charge in [-0.25, -0.2) is 0 Å². The molecule has 1 radical (unpaired) electrons. The molecule has 0 amide bonds. The fourth-order valence-corrected chi connectivity index (χ4v) is 0.354. The Morgan fingerprint density at radius 2 is 2.60 bits per heavy atom. The van der Waals surface area contributed by atoms with Crippen molar-refractivity contribution in [2.75, 3.05) is 7.11 Å². The second kappa shape index (κ2) is 3.76. The van der Waals surface area contributed by atoms with Gasteiger partial charge in [-0.1, -0.05) is 5.70 Å². The van der Waals surface area contributed by atoms with E-state index in [-0.39, 0.29) is 0 Å². The van der Waals surface area contributed by atoms with E-state index in [1.807, 2.05) is 5.70 Å². The molecular formula is C3H7OSi. The molecule has 0 aromatic heterocycles.